The van der Waals surface area contributed by atoms with E-state index in [1.165, 1.54) is 12.1 Å². The number of phenolic OH excluding ortho intramolecular Hbond substituents is 1. The molecule has 0 aromatic heterocycles. The minimum atomic E-state index is -0.445. The summed E-state index contributed by atoms with van der Waals surface area (Å²) in [5, 5.41) is 12.5. The number of ether oxygens (including phenoxy) is 1. The molecular formula is C15H16FNO2. The van der Waals surface area contributed by atoms with Crippen molar-refractivity contribution in [1.82, 2.24) is 0 Å². The summed E-state index contributed by atoms with van der Waals surface area (Å²) in [6.45, 7) is 2.97. The van der Waals surface area contributed by atoms with Crippen molar-refractivity contribution >= 4 is 5.69 Å². The number of hydrogen-bond donors (Lipinski definition) is 2. The van der Waals surface area contributed by atoms with Gasteiger partial charge in [-0.15, -0.1) is 0 Å². The summed E-state index contributed by atoms with van der Waals surface area (Å²) in [7, 11) is 0. The van der Waals surface area contributed by atoms with Gasteiger partial charge in [-0.3, -0.25) is 0 Å². The van der Waals surface area contributed by atoms with Crippen LogP contribution in [-0.4, -0.2) is 11.7 Å². The topological polar surface area (TPSA) is 41.5 Å². The van der Waals surface area contributed by atoms with Crippen LogP contribution >= 0.6 is 0 Å². The summed E-state index contributed by atoms with van der Waals surface area (Å²) < 4.78 is 18.5. The van der Waals surface area contributed by atoms with Crippen LogP contribution in [0.5, 0.6) is 11.5 Å². The standard InChI is InChI=1S/C15H16FNO2/c1-2-19-15-5-3-4-13(9-15)17-10-11-6-12(16)8-14(18)7-11/h3-9,17-18H,2,10H2,1H3. The van der Waals surface area contributed by atoms with Gasteiger partial charge in [-0.2, -0.15) is 0 Å². The normalized spacial score (nSPS) is 10.2. The van der Waals surface area contributed by atoms with Gasteiger partial charge in [0.15, 0.2) is 0 Å². The third-order valence-corrected chi connectivity index (χ3v) is 2.58. The first-order valence-corrected chi connectivity index (χ1v) is 6.12. The highest BCUT2D eigenvalue weighted by Crippen LogP contribution is 2.19. The summed E-state index contributed by atoms with van der Waals surface area (Å²) in [4.78, 5) is 0. The fourth-order valence-corrected chi connectivity index (χ4v) is 1.80. The monoisotopic (exact) mass is 261 g/mol. The molecule has 2 aromatic carbocycles. The first-order chi connectivity index (χ1) is 9.17. The van der Waals surface area contributed by atoms with Gasteiger partial charge >= 0.3 is 0 Å². The van der Waals surface area contributed by atoms with E-state index in [9.17, 15) is 9.50 Å². The molecule has 0 atom stereocenters. The zero-order valence-corrected chi connectivity index (χ0v) is 10.7. The molecule has 2 N–H and O–H groups in total. The molecule has 100 valence electrons. The van der Waals surface area contributed by atoms with Gasteiger partial charge in [-0.1, -0.05) is 6.07 Å². The summed E-state index contributed by atoms with van der Waals surface area (Å²) >= 11 is 0. The molecule has 0 unspecified atom stereocenters. The molecule has 0 heterocycles. The number of halogens is 1. The molecule has 3 nitrogen and oxygen atoms in total. The Morgan fingerprint density at radius 1 is 1.21 bits per heavy atom. The van der Waals surface area contributed by atoms with Gasteiger partial charge in [0, 0.05) is 24.4 Å². The fourth-order valence-electron chi connectivity index (χ4n) is 1.80. The molecule has 0 aliphatic carbocycles. The van der Waals surface area contributed by atoms with E-state index in [0.717, 1.165) is 17.5 Å². The van der Waals surface area contributed by atoms with Gasteiger partial charge in [-0.05, 0) is 36.8 Å². The van der Waals surface area contributed by atoms with E-state index in [2.05, 4.69) is 5.32 Å². The van der Waals surface area contributed by atoms with Crippen LogP contribution in [-0.2, 0) is 6.54 Å². The molecule has 2 rings (SSSR count). The molecule has 4 heteroatoms. The lowest BCUT2D eigenvalue weighted by Crippen LogP contribution is -2.00. The van der Waals surface area contributed by atoms with Crippen molar-refractivity contribution < 1.29 is 14.2 Å². The second-order valence-electron chi connectivity index (χ2n) is 4.13. The Bertz CT molecular complexity index is 537. The second kappa shape index (κ2) is 6.09. The van der Waals surface area contributed by atoms with Gasteiger partial charge in [0.2, 0.25) is 0 Å². The Balaban J connectivity index is 2.03. The summed E-state index contributed by atoms with van der Waals surface area (Å²) in [5.41, 5.74) is 1.56. The van der Waals surface area contributed by atoms with Crippen LogP contribution in [0.4, 0.5) is 10.1 Å². The highest BCUT2D eigenvalue weighted by molar-refractivity contribution is 5.48. The zero-order valence-electron chi connectivity index (χ0n) is 10.7. The number of aromatic hydroxyl groups is 1. The Labute approximate surface area is 111 Å². The molecular weight excluding hydrogens is 245 g/mol. The van der Waals surface area contributed by atoms with Crippen molar-refractivity contribution in [3.05, 3.63) is 53.8 Å². The van der Waals surface area contributed by atoms with Crippen LogP contribution in [0.2, 0.25) is 0 Å². The van der Waals surface area contributed by atoms with Gasteiger partial charge in [-0.25, -0.2) is 4.39 Å². The van der Waals surface area contributed by atoms with Crippen molar-refractivity contribution in [2.24, 2.45) is 0 Å². The van der Waals surface area contributed by atoms with Crippen LogP contribution in [0.1, 0.15) is 12.5 Å². The maximum Gasteiger partial charge on any atom is 0.127 e. The molecule has 0 radical (unpaired) electrons. The lowest BCUT2D eigenvalue weighted by Gasteiger charge is -2.09. The molecule has 0 saturated heterocycles. The first kappa shape index (κ1) is 13.2. The smallest absolute Gasteiger partial charge is 0.127 e. The summed E-state index contributed by atoms with van der Waals surface area (Å²) in [5.74, 6) is 0.273. The van der Waals surface area contributed by atoms with Crippen molar-refractivity contribution in [3.63, 3.8) is 0 Å². The van der Waals surface area contributed by atoms with E-state index in [1.54, 1.807) is 0 Å². The molecule has 0 fully saturated rings. The molecule has 0 spiro atoms. The third kappa shape index (κ3) is 3.88. The summed E-state index contributed by atoms with van der Waals surface area (Å²) in [6.07, 6.45) is 0. The molecule has 0 amide bonds. The molecule has 0 bridgehead atoms. The van der Waals surface area contributed by atoms with Crippen LogP contribution < -0.4 is 10.1 Å². The number of hydrogen-bond acceptors (Lipinski definition) is 3. The van der Waals surface area contributed by atoms with Crippen molar-refractivity contribution in [2.75, 3.05) is 11.9 Å². The van der Waals surface area contributed by atoms with Crippen molar-refractivity contribution in [2.45, 2.75) is 13.5 Å². The van der Waals surface area contributed by atoms with Crippen LogP contribution in [0, 0.1) is 5.82 Å². The largest absolute Gasteiger partial charge is 0.508 e. The Kier molecular flexibility index (Phi) is 4.23. The van der Waals surface area contributed by atoms with E-state index in [4.69, 9.17) is 4.74 Å². The fraction of sp³-hybridized carbons (Fsp3) is 0.200. The van der Waals surface area contributed by atoms with Gasteiger partial charge in [0.1, 0.15) is 17.3 Å². The molecule has 0 saturated carbocycles. The Hall–Kier alpha value is -2.23. The molecule has 19 heavy (non-hydrogen) atoms. The molecule has 0 aliphatic heterocycles. The minimum absolute atomic E-state index is 0.0696. The van der Waals surface area contributed by atoms with E-state index in [0.29, 0.717) is 18.7 Å². The number of rotatable bonds is 5. The average Bonchev–Trinajstić information content (AvgIpc) is 2.36. The minimum Gasteiger partial charge on any atom is -0.508 e. The average molecular weight is 261 g/mol. The van der Waals surface area contributed by atoms with Crippen molar-refractivity contribution in [3.8, 4) is 11.5 Å². The van der Waals surface area contributed by atoms with Crippen molar-refractivity contribution in [1.29, 1.82) is 0 Å². The number of benzene rings is 2. The maximum absolute atomic E-state index is 13.1. The molecule has 2 aromatic rings. The van der Waals surface area contributed by atoms with E-state index < -0.39 is 5.82 Å². The third-order valence-electron chi connectivity index (χ3n) is 2.58. The molecule has 0 aliphatic rings. The lowest BCUT2D eigenvalue weighted by molar-refractivity contribution is 0.340. The van der Waals surface area contributed by atoms with Gasteiger partial charge in [0.05, 0.1) is 6.61 Å². The number of phenols is 1. The zero-order chi connectivity index (χ0) is 13.7. The SMILES string of the molecule is CCOc1cccc(NCc2cc(O)cc(F)c2)c1. The van der Waals surface area contributed by atoms with E-state index in [1.807, 2.05) is 31.2 Å². The first-order valence-electron chi connectivity index (χ1n) is 6.12. The highest BCUT2D eigenvalue weighted by Gasteiger charge is 2.01. The lowest BCUT2D eigenvalue weighted by atomic mass is 10.2. The summed E-state index contributed by atoms with van der Waals surface area (Å²) in [6, 6.07) is 11.5. The number of anilines is 1. The second-order valence-corrected chi connectivity index (χ2v) is 4.13. The van der Waals surface area contributed by atoms with Crippen LogP contribution in [0.3, 0.4) is 0 Å². The van der Waals surface area contributed by atoms with Crippen LogP contribution in [0.15, 0.2) is 42.5 Å². The van der Waals surface area contributed by atoms with Gasteiger partial charge < -0.3 is 15.2 Å². The highest BCUT2D eigenvalue weighted by atomic mass is 19.1. The quantitative estimate of drug-likeness (QED) is 0.865. The number of nitrogens with one attached hydrogen (secondary N) is 1. The Morgan fingerprint density at radius 2 is 2.05 bits per heavy atom. The maximum atomic E-state index is 13.1. The predicted octanol–water partition coefficient (Wildman–Crippen LogP) is 3.54. The van der Waals surface area contributed by atoms with Crippen LogP contribution in [0.25, 0.3) is 0 Å². The Morgan fingerprint density at radius 3 is 2.79 bits per heavy atom. The van der Waals surface area contributed by atoms with E-state index >= 15 is 0 Å². The van der Waals surface area contributed by atoms with Gasteiger partial charge in [0.25, 0.3) is 0 Å². The predicted molar refractivity (Wildman–Crippen MR) is 73.0 cm³/mol. The van der Waals surface area contributed by atoms with E-state index in [-0.39, 0.29) is 5.75 Å².